The predicted molar refractivity (Wildman–Crippen MR) is 83.1 cm³/mol. The molecule has 1 fully saturated rings. The monoisotopic (exact) mass is 337 g/mol. The molecule has 0 radical (unpaired) electrons. The van der Waals surface area contributed by atoms with Gasteiger partial charge in [0.25, 0.3) is 0 Å². The summed E-state index contributed by atoms with van der Waals surface area (Å²) < 4.78 is 1.79. The van der Waals surface area contributed by atoms with Crippen LogP contribution in [0.1, 0.15) is 13.8 Å². The molecule has 122 valence electrons. The van der Waals surface area contributed by atoms with Crippen molar-refractivity contribution in [2.45, 2.75) is 20.4 Å². The number of hydrogen-bond donors (Lipinski definition) is 1. The van der Waals surface area contributed by atoms with E-state index in [0.717, 1.165) is 10.9 Å². The number of nitrogens with one attached hydrogen (secondary N) is 1. The average molecular weight is 337 g/mol. The molecule has 0 spiro atoms. The second-order valence-electron chi connectivity index (χ2n) is 6.33. The van der Waals surface area contributed by atoms with E-state index in [0.29, 0.717) is 13.1 Å². The van der Waals surface area contributed by atoms with Gasteiger partial charge in [0.2, 0.25) is 5.91 Å². The van der Waals surface area contributed by atoms with Crippen LogP contribution >= 0.6 is 0 Å². The van der Waals surface area contributed by atoms with Crippen LogP contribution in [0.15, 0.2) is 30.5 Å². The summed E-state index contributed by atoms with van der Waals surface area (Å²) in [5.74, 6) is -2.48. The molecular weight excluding hydrogens is 317 g/mol. The number of carbonyl (C=O) groups excluding carboxylic acids is 2. The van der Waals surface area contributed by atoms with Gasteiger partial charge in [-0.15, -0.1) is 0 Å². The van der Waals surface area contributed by atoms with Gasteiger partial charge in [-0.3, -0.25) is 9.48 Å². The molecule has 1 aliphatic rings. The van der Waals surface area contributed by atoms with Gasteiger partial charge >= 0.3 is 29.6 Å². The summed E-state index contributed by atoms with van der Waals surface area (Å²) in [6, 6.07) is 7.81. The first kappa shape index (κ1) is 19.0. The van der Waals surface area contributed by atoms with Crippen LogP contribution in [0.3, 0.4) is 0 Å². The summed E-state index contributed by atoms with van der Waals surface area (Å²) in [6.45, 7) is 4.73. The number of aromatic nitrogens is 2. The maximum absolute atomic E-state index is 12.2. The Morgan fingerprint density at radius 1 is 1.21 bits per heavy atom. The molecule has 1 aromatic heterocycles. The summed E-state index contributed by atoms with van der Waals surface area (Å²) in [7, 11) is 0. The second-order valence-corrected chi connectivity index (χ2v) is 6.33. The van der Waals surface area contributed by atoms with Crippen LogP contribution in [0.4, 0.5) is 0 Å². The number of nitrogens with zero attached hydrogens (tertiary/aromatic N) is 2. The Bertz CT molecular complexity index is 713. The average Bonchev–Trinajstić information content (AvgIpc) is 2.93. The molecule has 2 aromatic rings. The molecule has 6 nitrogen and oxygen atoms in total. The zero-order valence-corrected chi connectivity index (χ0v) is 16.2. The van der Waals surface area contributed by atoms with E-state index < -0.39 is 17.8 Å². The van der Waals surface area contributed by atoms with Crippen molar-refractivity contribution in [1.29, 1.82) is 0 Å². The molecule has 1 saturated carbocycles. The third kappa shape index (κ3) is 3.50. The number of benzene rings is 1. The van der Waals surface area contributed by atoms with Gasteiger partial charge in [-0.25, -0.2) is 0 Å². The number of carboxylic acids is 1. The molecule has 2 unspecified atom stereocenters. The maximum atomic E-state index is 12.2. The van der Waals surface area contributed by atoms with Crippen LogP contribution in [0.5, 0.6) is 0 Å². The first-order valence-corrected chi connectivity index (χ1v) is 7.90. The molecule has 24 heavy (non-hydrogen) atoms. The van der Waals surface area contributed by atoms with E-state index in [1.165, 1.54) is 0 Å². The topological polar surface area (TPSA) is 87.0 Å². The molecule has 4 atom stereocenters. The van der Waals surface area contributed by atoms with E-state index in [4.69, 9.17) is 0 Å². The Morgan fingerprint density at radius 3 is 2.54 bits per heavy atom. The van der Waals surface area contributed by atoms with Gasteiger partial charge in [-0.2, -0.15) is 5.10 Å². The van der Waals surface area contributed by atoms with Gasteiger partial charge in [0, 0.05) is 35.9 Å². The third-order valence-electron chi connectivity index (χ3n) is 5.03. The number of hydrogen-bond acceptors (Lipinski definition) is 4. The van der Waals surface area contributed by atoms with Crippen LogP contribution in [0, 0.1) is 23.7 Å². The number of amides is 1. The summed E-state index contributed by atoms with van der Waals surface area (Å²) in [4.78, 5) is 23.4. The standard InChI is InChI=1S/C17H21N3O3.Na/c1-10-11(2)15(17(22)23)14(10)16(21)18-7-8-20-9-12-5-3-4-6-13(12)19-20;/h3-6,9-11,14-15H,7-8H2,1-2H3,(H,18,21)(H,22,23);/q;+1/p-1/t10?,11?,14-,15+;/m0./s1. The Kier molecular flexibility index (Phi) is 6.06. The Hall–Kier alpha value is -1.37. The molecule has 3 rings (SSSR count). The minimum absolute atomic E-state index is 0. The summed E-state index contributed by atoms with van der Waals surface area (Å²) in [5, 5.41) is 19.4. The first-order valence-electron chi connectivity index (χ1n) is 7.90. The largest absolute Gasteiger partial charge is 1.00 e. The van der Waals surface area contributed by atoms with E-state index >= 15 is 0 Å². The number of carbonyl (C=O) groups is 2. The van der Waals surface area contributed by atoms with Gasteiger partial charge in [0.1, 0.15) is 0 Å². The van der Waals surface area contributed by atoms with E-state index in [2.05, 4.69) is 10.4 Å². The number of aliphatic carboxylic acids is 1. The van der Waals surface area contributed by atoms with Gasteiger partial charge < -0.3 is 15.2 Å². The van der Waals surface area contributed by atoms with Crippen molar-refractivity contribution in [3.63, 3.8) is 0 Å². The van der Waals surface area contributed by atoms with E-state index in [-0.39, 0.29) is 47.3 Å². The molecule has 0 bridgehead atoms. The summed E-state index contributed by atoms with van der Waals surface area (Å²) in [5.41, 5.74) is 0.914. The van der Waals surface area contributed by atoms with Crippen molar-refractivity contribution >= 4 is 22.8 Å². The second kappa shape index (κ2) is 7.68. The fourth-order valence-corrected chi connectivity index (χ4v) is 3.47. The number of rotatable bonds is 5. The Labute approximate surface area is 162 Å². The molecule has 0 saturated heterocycles. The quantitative estimate of drug-likeness (QED) is 0.608. The van der Waals surface area contributed by atoms with Crippen molar-refractivity contribution in [2.24, 2.45) is 23.7 Å². The molecule has 7 heteroatoms. The van der Waals surface area contributed by atoms with Crippen molar-refractivity contribution in [2.75, 3.05) is 6.54 Å². The van der Waals surface area contributed by atoms with Crippen LogP contribution in [0.2, 0.25) is 0 Å². The third-order valence-corrected chi connectivity index (χ3v) is 5.03. The maximum Gasteiger partial charge on any atom is 1.00 e. The SMILES string of the molecule is CC1C(C)[C@H](C(=O)NCCn2cc3ccccc3n2)[C@@H]1C(=O)[O-].[Na+]. The molecular formula is C17H20N3NaO3. The fraction of sp³-hybridized carbons (Fsp3) is 0.471. The van der Waals surface area contributed by atoms with Crippen LogP contribution in [-0.4, -0.2) is 28.2 Å². The zero-order valence-electron chi connectivity index (χ0n) is 14.2. The molecule has 1 N–H and O–H groups in total. The van der Waals surface area contributed by atoms with Gasteiger partial charge in [0.15, 0.2) is 0 Å². The minimum Gasteiger partial charge on any atom is -0.550 e. The molecule has 1 aliphatic carbocycles. The predicted octanol–water partition coefficient (Wildman–Crippen LogP) is -2.58. The zero-order chi connectivity index (χ0) is 16.6. The van der Waals surface area contributed by atoms with Gasteiger partial charge in [-0.05, 0) is 17.9 Å². The number of fused-ring (bicyclic) bond motifs is 1. The number of carboxylic acid groups (broad SMARTS) is 1. The van der Waals surface area contributed by atoms with Gasteiger partial charge in [0.05, 0.1) is 12.1 Å². The van der Waals surface area contributed by atoms with E-state index in [1.807, 2.05) is 44.3 Å². The van der Waals surface area contributed by atoms with Crippen LogP contribution < -0.4 is 40.0 Å². The normalized spacial score (nSPS) is 25.6. The summed E-state index contributed by atoms with van der Waals surface area (Å²) in [6.07, 6.45) is 1.93. The minimum atomic E-state index is -1.13. The van der Waals surface area contributed by atoms with Gasteiger partial charge in [-0.1, -0.05) is 32.0 Å². The van der Waals surface area contributed by atoms with Crippen molar-refractivity contribution in [1.82, 2.24) is 15.1 Å². The van der Waals surface area contributed by atoms with E-state index in [9.17, 15) is 14.7 Å². The molecule has 1 amide bonds. The smallest absolute Gasteiger partial charge is 0.550 e. The molecule has 0 aliphatic heterocycles. The van der Waals surface area contributed by atoms with Crippen molar-refractivity contribution in [3.8, 4) is 0 Å². The Balaban J connectivity index is 0.00000208. The van der Waals surface area contributed by atoms with Crippen molar-refractivity contribution in [3.05, 3.63) is 30.5 Å². The van der Waals surface area contributed by atoms with Crippen LogP contribution in [-0.2, 0) is 16.1 Å². The van der Waals surface area contributed by atoms with E-state index in [1.54, 1.807) is 4.68 Å². The van der Waals surface area contributed by atoms with Crippen molar-refractivity contribution < 1.29 is 44.3 Å². The fourth-order valence-electron chi connectivity index (χ4n) is 3.47. The summed E-state index contributed by atoms with van der Waals surface area (Å²) >= 11 is 0. The molecule has 1 aromatic carbocycles. The van der Waals surface area contributed by atoms with Crippen LogP contribution in [0.25, 0.3) is 10.9 Å². The Morgan fingerprint density at radius 2 is 1.88 bits per heavy atom. The molecule has 1 heterocycles. The first-order chi connectivity index (χ1) is 11.0.